The van der Waals surface area contributed by atoms with Gasteiger partial charge in [0, 0.05) is 17.3 Å². The molecule has 0 spiro atoms. The Bertz CT molecular complexity index is 754. The maximum Gasteiger partial charge on any atom is 0.147 e. The molecular weight excluding hydrogens is 294 g/mol. The molecule has 0 amide bonds. The lowest BCUT2D eigenvalue weighted by Gasteiger charge is -2.05. The molecule has 0 fully saturated rings. The first-order valence-electron chi connectivity index (χ1n) is 7.21. The molecule has 0 bridgehead atoms. The summed E-state index contributed by atoms with van der Waals surface area (Å²) in [7, 11) is 0. The van der Waals surface area contributed by atoms with Crippen molar-refractivity contribution in [2.75, 3.05) is 5.32 Å². The Kier molecular flexibility index (Phi) is 4.39. The molecule has 2 heterocycles. The van der Waals surface area contributed by atoms with E-state index in [-0.39, 0.29) is 0 Å². The molecular formula is C16H17N5S. The van der Waals surface area contributed by atoms with Crippen molar-refractivity contribution >= 4 is 17.2 Å². The molecule has 0 unspecified atom stereocenters. The van der Waals surface area contributed by atoms with Crippen molar-refractivity contribution in [3.05, 3.63) is 52.9 Å². The summed E-state index contributed by atoms with van der Waals surface area (Å²) < 4.78 is 0. The number of anilines is 1. The third kappa shape index (κ3) is 3.46. The first-order chi connectivity index (χ1) is 10.7. The molecule has 112 valence electrons. The van der Waals surface area contributed by atoms with Crippen molar-refractivity contribution in [2.24, 2.45) is 0 Å². The highest BCUT2D eigenvalue weighted by Crippen LogP contribution is 2.23. The molecule has 3 aromatic rings. The van der Waals surface area contributed by atoms with Crippen LogP contribution in [0.3, 0.4) is 0 Å². The van der Waals surface area contributed by atoms with Gasteiger partial charge in [-0.15, -0.1) is 10.2 Å². The molecule has 0 saturated heterocycles. The number of hydrogen-bond donors (Lipinski definition) is 1. The summed E-state index contributed by atoms with van der Waals surface area (Å²) in [6.07, 6.45) is 0.898. The molecule has 0 atom stereocenters. The third-order valence-electron chi connectivity index (χ3n) is 3.16. The minimum Gasteiger partial charge on any atom is -0.363 e. The molecule has 0 aliphatic heterocycles. The Morgan fingerprint density at radius 1 is 1.09 bits per heavy atom. The van der Waals surface area contributed by atoms with Crippen LogP contribution < -0.4 is 5.32 Å². The van der Waals surface area contributed by atoms with Crippen LogP contribution in [0.4, 0.5) is 5.82 Å². The second-order valence-corrected chi connectivity index (χ2v) is 5.93. The van der Waals surface area contributed by atoms with E-state index in [1.807, 2.05) is 43.3 Å². The van der Waals surface area contributed by atoms with Gasteiger partial charge in [-0.2, -0.15) is 0 Å². The molecule has 6 heteroatoms. The summed E-state index contributed by atoms with van der Waals surface area (Å²) in [5.41, 5.74) is 2.13. The summed E-state index contributed by atoms with van der Waals surface area (Å²) in [6.45, 7) is 4.61. The number of nitrogens with one attached hydrogen (secondary N) is 1. The van der Waals surface area contributed by atoms with Crippen LogP contribution in [0.25, 0.3) is 10.6 Å². The largest absolute Gasteiger partial charge is 0.363 e. The maximum absolute atomic E-state index is 4.40. The van der Waals surface area contributed by atoms with E-state index in [4.69, 9.17) is 0 Å². The molecule has 22 heavy (non-hydrogen) atoms. The standard InChI is InChI=1S/C16H17N5S/c1-3-13-9-14(19-11(2)18-13)17-10-15-20-21-16(22-15)12-7-5-4-6-8-12/h4-9H,3,10H2,1-2H3,(H,17,18,19). The Balaban J connectivity index is 1.70. The lowest BCUT2D eigenvalue weighted by atomic mass is 10.2. The smallest absolute Gasteiger partial charge is 0.147 e. The van der Waals surface area contributed by atoms with Gasteiger partial charge in [0.2, 0.25) is 0 Å². The number of aromatic nitrogens is 4. The van der Waals surface area contributed by atoms with Gasteiger partial charge in [-0.25, -0.2) is 9.97 Å². The zero-order valence-electron chi connectivity index (χ0n) is 12.6. The SMILES string of the molecule is CCc1cc(NCc2nnc(-c3ccccc3)s2)nc(C)n1. The summed E-state index contributed by atoms with van der Waals surface area (Å²) in [4.78, 5) is 8.77. The van der Waals surface area contributed by atoms with Crippen molar-refractivity contribution in [1.82, 2.24) is 20.2 Å². The van der Waals surface area contributed by atoms with Gasteiger partial charge >= 0.3 is 0 Å². The van der Waals surface area contributed by atoms with Gasteiger partial charge < -0.3 is 5.32 Å². The van der Waals surface area contributed by atoms with Crippen molar-refractivity contribution in [3.8, 4) is 10.6 Å². The van der Waals surface area contributed by atoms with E-state index in [0.717, 1.165) is 39.3 Å². The van der Waals surface area contributed by atoms with Crippen molar-refractivity contribution < 1.29 is 0 Å². The van der Waals surface area contributed by atoms with E-state index in [0.29, 0.717) is 6.54 Å². The average Bonchev–Trinajstić information content (AvgIpc) is 3.02. The van der Waals surface area contributed by atoms with E-state index < -0.39 is 0 Å². The second kappa shape index (κ2) is 6.62. The van der Waals surface area contributed by atoms with E-state index in [1.165, 1.54) is 0 Å². The van der Waals surface area contributed by atoms with Crippen LogP contribution in [-0.2, 0) is 13.0 Å². The third-order valence-corrected chi connectivity index (χ3v) is 4.13. The molecule has 0 aliphatic rings. The summed E-state index contributed by atoms with van der Waals surface area (Å²) in [5.74, 6) is 1.62. The monoisotopic (exact) mass is 311 g/mol. The fourth-order valence-electron chi connectivity index (χ4n) is 2.09. The molecule has 5 nitrogen and oxygen atoms in total. The van der Waals surface area contributed by atoms with Crippen molar-refractivity contribution in [2.45, 2.75) is 26.8 Å². The van der Waals surface area contributed by atoms with Crippen LogP contribution in [0.1, 0.15) is 23.4 Å². The number of rotatable bonds is 5. The minimum absolute atomic E-state index is 0.615. The van der Waals surface area contributed by atoms with Gasteiger partial charge in [0.05, 0.1) is 6.54 Å². The fourth-order valence-corrected chi connectivity index (χ4v) is 2.87. The van der Waals surface area contributed by atoms with Gasteiger partial charge in [0.25, 0.3) is 0 Å². The Hall–Kier alpha value is -2.34. The average molecular weight is 311 g/mol. The quantitative estimate of drug-likeness (QED) is 0.781. The fraction of sp³-hybridized carbons (Fsp3) is 0.250. The number of hydrogen-bond acceptors (Lipinski definition) is 6. The predicted octanol–water partition coefficient (Wildman–Crippen LogP) is 3.48. The molecule has 3 rings (SSSR count). The molecule has 2 aromatic heterocycles. The molecule has 1 aromatic carbocycles. The topological polar surface area (TPSA) is 63.6 Å². The summed E-state index contributed by atoms with van der Waals surface area (Å²) in [6, 6.07) is 12.1. The highest BCUT2D eigenvalue weighted by atomic mass is 32.1. The van der Waals surface area contributed by atoms with Crippen LogP contribution in [0.2, 0.25) is 0 Å². The van der Waals surface area contributed by atoms with Gasteiger partial charge in [-0.3, -0.25) is 0 Å². The highest BCUT2D eigenvalue weighted by Gasteiger charge is 2.07. The van der Waals surface area contributed by atoms with Gasteiger partial charge in [0.15, 0.2) is 0 Å². The Morgan fingerprint density at radius 2 is 1.91 bits per heavy atom. The Morgan fingerprint density at radius 3 is 2.68 bits per heavy atom. The molecule has 0 radical (unpaired) electrons. The number of benzene rings is 1. The zero-order chi connectivity index (χ0) is 15.4. The number of aryl methyl sites for hydroxylation is 2. The Labute approximate surface area is 133 Å². The van der Waals surface area contributed by atoms with Crippen molar-refractivity contribution in [1.29, 1.82) is 0 Å². The van der Waals surface area contributed by atoms with E-state index in [2.05, 4.69) is 32.4 Å². The predicted molar refractivity (Wildman–Crippen MR) is 88.8 cm³/mol. The lowest BCUT2D eigenvalue weighted by molar-refractivity contribution is 0.932. The first-order valence-corrected chi connectivity index (χ1v) is 8.02. The first kappa shape index (κ1) is 14.6. The molecule has 0 aliphatic carbocycles. The van der Waals surface area contributed by atoms with Gasteiger partial charge in [0.1, 0.15) is 21.7 Å². The molecule has 1 N–H and O–H groups in total. The highest BCUT2D eigenvalue weighted by molar-refractivity contribution is 7.14. The second-order valence-electron chi connectivity index (χ2n) is 4.87. The summed E-state index contributed by atoms with van der Waals surface area (Å²) >= 11 is 1.59. The summed E-state index contributed by atoms with van der Waals surface area (Å²) in [5, 5.41) is 13.7. The van der Waals surface area contributed by atoms with Crippen LogP contribution in [0.5, 0.6) is 0 Å². The van der Waals surface area contributed by atoms with Crippen LogP contribution in [0.15, 0.2) is 36.4 Å². The van der Waals surface area contributed by atoms with Crippen LogP contribution >= 0.6 is 11.3 Å². The van der Waals surface area contributed by atoms with E-state index in [9.17, 15) is 0 Å². The van der Waals surface area contributed by atoms with Crippen LogP contribution in [-0.4, -0.2) is 20.2 Å². The lowest BCUT2D eigenvalue weighted by Crippen LogP contribution is -2.04. The van der Waals surface area contributed by atoms with Crippen LogP contribution in [0, 0.1) is 6.92 Å². The molecule has 0 saturated carbocycles. The van der Waals surface area contributed by atoms with Gasteiger partial charge in [-0.05, 0) is 13.3 Å². The number of nitrogens with zero attached hydrogens (tertiary/aromatic N) is 4. The maximum atomic E-state index is 4.40. The van der Waals surface area contributed by atoms with E-state index in [1.54, 1.807) is 11.3 Å². The normalized spacial score (nSPS) is 10.6. The van der Waals surface area contributed by atoms with E-state index >= 15 is 0 Å². The van der Waals surface area contributed by atoms with Crippen molar-refractivity contribution in [3.63, 3.8) is 0 Å². The zero-order valence-corrected chi connectivity index (χ0v) is 13.4. The van der Waals surface area contributed by atoms with Gasteiger partial charge in [-0.1, -0.05) is 48.6 Å². The minimum atomic E-state index is 0.615.